The standard InChI is InChI=1S/C20H30N4O3/c1-15(25)23-10-7-20(27,14-23)13-22-8-5-16(6-9-22)12-24-19(26)11-17-3-2-4-18(17)21-24/h11,16,27H,2-10,12-14H2,1H3. The molecule has 2 saturated heterocycles. The van der Waals surface area contributed by atoms with Crippen LogP contribution in [0.3, 0.4) is 0 Å². The Hall–Kier alpha value is -1.73. The van der Waals surface area contributed by atoms with Gasteiger partial charge in [0.15, 0.2) is 0 Å². The molecule has 0 radical (unpaired) electrons. The lowest BCUT2D eigenvalue weighted by molar-refractivity contribution is -0.129. The van der Waals surface area contributed by atoms with Gasteiger partial charge in [-0.05, 0) is 63.1 Å². The van der Waals surface area contributed by atoms with Crippen molar-refractivity contribution in [3.8, 4) is 0 Å². The summed E-state index contributed by atoms with van der Waals surface area (Å²) >= 11 is 0. The number of hydrogen-bond acceptors (Lipinski definition) is 5. The van der Waals surface area contributed by atoms with Crippen LogP contribution >= 0.6 is 0 Å². The van der Waals surface area contributed by atoms with Gasteiger partial charge in [0.1, 0.15) is 0 Å². The first-order valence-electron chi connectivity index (χ1n) is 10.2. The number of piperidine rings is 1. The van der Waals surface area contributed by atoms with Gasteiger partial charge < -0.3 is 14.9 Å². The highest BCUT2D eigenvalue weighted by Gasteiger charge is 2.39. The molecule has 0 bridgehead atoms. The predicted octanol–water partition coefficient (Wildman–Crippen LogP) is 0.427. The third kappa shape index (κ3) is 4.09. The molecular weight excluding hydrogens is 344 g/mol. The van der Waals surface area contributed by atoms with E-state index in [0.717, 1.165) is 56.5 Å². The molecule has 3 heterocycles. The van der Waals surface area contributed by atoms with Gasteiger partial charge in [-0.3, -0.25) is 9.59 Å². The van der Waals surface area contributed by atoms with Gasteiger partial charge in [-0.1, -0.05) is 0 Å². The lowest BCUT2D eigenvalue weighted by atomic mass is 9.94. The molecule has 1 unspecified atom stereocenters. The maximum Gasteiger partial charge on any atom is 0.267 e. The monoisotopic (exact) mass is 374 g/mol. The second-order valence-electron chi connectivity index (χ2n) is 8.62. The molecule has 1 aromatic rings. The fourth-order valence-electron chi connectivity index (χ4n) is 4.81. The fourth-order valence-corrected chi connectivity index (χ4v) is 4.81. The van der Waals surface area contributed by atoms with Gasteiger partial charge in [-0.15, -0.1) is 0 Å². The Bertz CT molecular complexity index is 769. The smallest absolute Gasteiger partial charge is 0.267 e. The van der Waals surface area contributed by atoms with E-state index in [4.69, 9.17) is 0 Å². The molecule has 1 atom stereocenters. The van der Waals surface area contributed by atoms with Gasteiger partial charge in [0.05, 0.1) is 17.8 Å². The Balaban J connectivity index is 1.30. The Kier molecular flexibility index (Phi) is 5.07. The molecular formula is C20H30N4O3. The minimum Gasteiger partial charge on any atom is -0.387 e. The van der Waals surface area contributed by atoms with Crippen molar-refractivity contribution in [1.29, 1.82) is 0 Å². The number of aromatic nitrogens is 2. The van der Waals surface area contributed by atoms with Crippen LogP contribution in [0.1, 0.15) is 43.9 Å². The number of aryl methyl sites for hydroxylation is 2. The van der Waals surface area contributed by atoms with Crippen LogP contribution < -0.4 is 5.56 Å². The molecule has 0 aromatic carbocycles. The van der Waals surface area contributed by atoms with Gasteiger partial charge >= 0.3 is 0 Å². The van der Waals surface area contributed by atoms with Crippen LogP contribution in [0.25, 0.3) is 0 Å². The Morgan fingerprint density at radius 3 is 2.78 bits per heavy atom. The summed E-state index contributed by atoms with van der Waals surface area (Å²) in [7, 11) is 0. The van der Waals surface area contributed by atoms with Crippen LogP contribution in [0, 0.1) is 5.92 Å². The van der Waals surface area contributed by atoms with Crippen molar-refractivity contribution < 1.29 is 9.90 Å². The second-order valence-corrected chi connectivity index (χ2v) is 8.62. The minimum atomic E-state index is -0.781. The Labute approximate surface area is 160 Å². The average Bonchev–Trinajstić information content (AvgIpc) is 3.23. The Morgan fingerprint density at radius 2 is 2.07 bits per heavy atom. The second kappa shape index (κ2) is 7.36. The molecule has 148 valence electrons. The van der Waals surface area contributed by atoms with Crippen LogP contribution in [0.2, 0.25) is 0 Å². The molecule has 4 rings (SSSR count). The third-order valence-corrected chi connectivity index (χ3v) is 6.46. The van der Waals surface area contributed by atoms with Crippen molar-refractivity contribution in [3.05, 3.63) is 27.7 Å². The average molecular weight is 374 g/mol. The van der Waals surface area contributed by atoms with Crippen molar-refractivity contribution >= 4 is 5.91 Å². The van der Waals surface area contributed by atoms with E-state index in [0.29, 0.717) is 38.5 Å². The summed E-state index contributed by atoms with van der Waals surface area (Å²) in [5.74, 6) is 0.495. The molecule has 3 aliphatic rings. The van der Waals surface area contributed by atoms with Crippen LogP contribution in [0.5, 0.6) is 0 Å². The maximum absolute atomic E-state index is 12.3. The third-order valence-electron chi connectivity index (χ3n) is 6.46. The van der Waals surface area contributed by atoms with Crippen molar-refractivity contribution in [2.75, 3.05) is 32.7 Å². The zero-order chi connectivity index (χ0) is 19.0. The highest BCUT2D eigenvalue weighted by molar-refractivity contribution is 5.73. The number of β-amino-alcohol motifs (C(OH)–C–C–N with tert-alkyl or cyclic N) is 1. The fraction of sp³-hybridized carbons (Fsp3) is 0.750. The minimum absolute atomic E-state index is 0.0303. The van der Waals surface area contributed by atoms with Crippen molar-refractivity contribution in [2.45, 2.75) is 57.6 Å². The van der Waals surface area contributed by atoms with Crippen LogP contribution in [0.4, 0.5) is 0 Å². The number of carbonyl (C=O) groups is 1. The number of amides is 1. The van der Waals surface area contributed by atoms with Crippen molar-refractivity contribution in [2.24, 2.45) is 5.92 Å². The molecule has 1 aromatic heterocycles. The molecule has 2 fully saturated rings. The molecule has 27 heavy (non-hydrogen) atoms. The number of nitrogens with zero attached hydrogens (tertiary/aromatic N) is 4. The molecule has 0 spiro atoms. The molecule has 2 aliphatic heterocycles. The number of carbonyl (C=O) groups excluding carboxylic acids is 1. The van der Waals surface area contributed by atoms with E-state index in [2.05, 4.69) is 10.00 Å². The Morgan fingerprint density at radius 1 is 1.30 bits per heavy atom. The first kappa shape index (κ1) is 18.6. The number of rotatable bonds is 4. The lowest BCUT2D eigenvalue weighted by Crippen LogP contribution is -2.48. The SMILES string of the molecule is CC(=O)N1CCC(O)(CN2CCC(Cn3nc4c(cc3=O)CCC4)CC2)C1. The number of fused-ring (bicyclic) bond motifs is 1. The van der Waals surface area contributed by atoms with E-state index in [9.17, 15) is 14.7 Å². The molecule has 1 aliphatic carbocycles. The van der Waals surface area contributed by atoms with Crippen LogP contribution in [-0.2, 0) is 24.2 Å². The number of hydrogen-bond donors (Lipinski definition) is 1. The lowest BCUT2D eigenvalue weighted by Gasteiger charge is -2.36. The highest BCUT2D eigenvalue weighted by atomic mass is 16.3. The highest BCUT2D eigenvalue weighted by Crippen LogP contribution is 2.26. The molecule has 7 nitrogen and oxygen atoms in total. The van der Waals surface area contributed by atoms with Crippen molar-refractivity contribution in [1.82, 2.24) is 19.6 Å². The summed E-state index contributed by atoms with van der Waals surface area (Å²) < 4.78 is 1.67. The largest absolute Gasteiger partial charge is 0.387 e. The maximum atomic E-state index is 12.3. The van der Waals surface area contributed by atoms with Gasteiger partial charge in [0.2, 0.25) is 5.91 Å². The van der Waals surface area contributed by atoms with E-state index >= 15 is 0 Å². The van der Waals surface area contributed by atoms with Gasteiger partial charge in [0.25, 0.3) is 5.56 Å². The first-order chi connectivity index (χ1) is 12.9. The predicted molar refractivity (Wildman–Crippen MR) is 102 cm³/mol. The summed E-state index contributed by atoms with van der Waals surface area (Å²) in [6.45, 7) is 5.82. The van der Waals surface area contributed by atoms with E-state index in [-0.39, 0.29) is 11.5 Å². The van der Waals surface area contributed by atoms with Crippen molar-refractivity contribution in [3.63, 3.8) is 0 Å². The normalized spacial score (nSPS) is 26.5. The van der Waals surface area contributed by atoms with E-state index in [1.807, 2.05) is 0 Å². The van der Waals surface area contributed by atoms with Crippen LogP contribution in [-0.4, -0.2) is 68.9 Å². The summed E-state index contributed by atoms with van der Waals surface area (Å²) in [6.07, 6.45) is 5.76. The summed E-state index contributed by atoms with van der Waals surface area (Å²) in [6, 6.07) is 1.78. The zero-order valence-corrected chi connectivity index (χ0v) is 16.2. The topological polar surface area (TPSA) is 78.7 Å². The van der Waals surface area contributed by atoms with E-state index < -0.39 is 5.60 Å². The summed E-state index contributed by atoms with van der Waals surface area (Å²) in [4.78, 5) is 27.8. The molecule has 1 N–H and O–H groups in total. The first-order valence-corrected chi connectivity index (χ1v) is 10.2. The summed E-state index contributed by atoms with van der Waals surface area (Å²) in [5.41, 5.74) is 1.49. The number of likely N-dealkylation sites (tertiary alicyclic amines) is 2. The van der Waals surface area contributed by atoms with Crippen LogP contribution in [0.15, 0.2) is 10.9 Å². The van der Waals surface area contributed by atoms with E-state index in [1.165, 1.54) is 0 Å². The zero-order valence-electron chi connectivity index (χ0n) is 16.2. The molecule has 1 amide bonds. The van der Waals surface area contributed by atoms with Gasteiger partial charge in [0, 0.05) is 32.6 Å². The van der Waals surface area contributed by atoms with Gasteiger partial charge in [-0.2, -0.15) is 5.10 Å². The molecule has 7 heteroatoms. The van der Waals surface area contributed by atoms with Gasteiger partial charge in [-0.25, -0.2) is 4.68 Å². The summed E-state index contributed by atoms with van der Waals surface area (Å²) in [5, 5.41) is 15.4. The molecule has 0 saturated carbocycles. The quantitative estimate of drug-likeness (QED) is 0.827. The number of aliphatic hydroxyl groups is 1. The van der Waals surface area contributed by atoms with E-state index in [1.54, 1.807) is 22.6 Å².